The highest BCUT2D eigenvalue weighted by Crippen LogP contribution is 2.23. The summed E-state index contributed by atoms with van der Waals surface area (Å²) in [5.74, 6) is 1.28. The van der Waals surface area contributed by atoms with Gasteiger partial charge in [0.2, 0.25) is 0 Å². The summed E-state index contributed by atoms with van der Waals surface area (Å²) in [4.78, 5) is 13.8. The fourth-order valence-electron chi connectivity index (χ4n) is 2.97. The van der Waals surface area contributed by atoms with E-state index in [2.05, 4.69) is 50.8 Å². The van der Waals surface area contributed by atoms with Crippen LogP contribution in [0.15, 0.2) is 47.3 Å². The number of nitrogens with zero attached hydrogens (tertiary/aromatic N) is 5. The summed E-state index contributed by atoms with van der Waals surface area (Å²) in [6.45, 7) is 4.26. The van der Waals surface area contributed by atoms with Gasteiger partial charge in [-0.1, -0.05) is 12.1 Å². The van der Waals surface area contributed by atoms with Crippen LogP contribution >= 0.6 is 0 Å². The molecule has 1 aromatic carbocycles. The maximum absolute atomic E-state index is 9.81. The van der Waals surface area contributed by atoms with Crippen molar-refractivity contribution in [1.29, 1.82) is 0 Å². The average molecular weight is 353 g/mol. The van der Waals surface area contributed by atoms with Gasteiger partial charge in [0.15, 0.2) is 12.1 Å². The number of likely N-dealkylation sites (tertiary alicyclic amines) is 1. The van der Waals surface area contributed by atoms with Crippen molar-refractivity contribution in [2.24, 2.45) is 0 Å². The highest BCUT2D eigenvalue weighted by Gasteiger charge is 2.23. The van der Waals surface area contributed by atoms with Crippen LogP contribution in [0.2, 0.25) is 0 Å². The fraction of sp³-hybridized carbons (Fsp3) is 0.368. The molecule has 0 bridgehead atoms. The summed E-state index contributed by atoms with van der Waals surface area (Å²) in [5.41, 5.74) is 2.76. The zero-order valence-corrected chi connectivity index (χ0v) is 15.1. The van der Waals surface area contributed by atoms with Gasteiger partial charge >= 0.3 is 0 Å². The molecule has 1 aliphatic rings. The zero-order chi connectivity index (χ0) is 18.4. The Morgan fingerprint density at radius 1 is 1.31 bits per heavy atom. The molecule has 0 radical (unpaired) electrons. The van der Waals surface area contributed by atoms with Crippen molar-refractivity contribution in [3.05, 3.63) is 59.8 Å². The van der Waals surface area contributed by atoms with Crippen LogP contribution in [0.3, 0.4) is 0 Å². The number of piperidine rings is 1. The van der Waals surface area contributed by atoms with Crippen LogP contribution in [0.5, 0.6) is 0 Å². The third-order valence-electron chi connectivity index (χ3n) is 4.33. The summed E-state index contributed by atoms with van der Waals surface area (Å²) in [6.07, 6.45) is 5.96. The van der Waals surface area contributed by atoms with Crippen LogP contribution in [-0.2, 0) is 0 Å². The highest BCUT2D eigenvalue weighted by molar-refractivity contribution is 5.73. The summed E-state index contributed by atoms with van der Waals surface area (Å²) >= 11 is 0. The Bertz CT molecular complexity index is 828. The molecule has 0 aliphatic carbocycles. The number of carbonyl (C=O) groups excluding carboxylic acids is 1. The lowest BCUT2D eigenvalue weighted by atomic mass is 9.98. The Morgan fingerprint density at radius 2 is 2.19 bits per heavy atom. The minimum atomic E-state index is 0.414. The Kier molecular flexibility index (Phi) is 5.91. The van der Waals surface area contributed by atoms with E-state index < -0.39 is 0 Å². The molecule has 1 unspecified atom stereocenters. The quantitative estimate of drug-likeness (QED) is 0.674. The second-order valence-corrected chi connectivity index (χ2v) is 6.55. The molecule has 2 aromatic heterocycles. The predicted molar refractivity (Wildman–Crippen MR) is 97.5 cm³/mol. The van der Waals surface area contributed by atoms with Crippen molar-refractivity contribution in [3.63, 3.8) is 0 Å². The average Bonchev–Trinajstić information content (AvgIpc) is 3.34. The van der Waals surface area contributed by atoms with Crippen molar-refractivity contribution >= 4 is 6.29 Å². The van der Waals surface area contributed by atoms with Gasteiger partial charge in [-0.3, -0.25) is 4.79 Å². The van der Waals surface area contributed by atoms with E-state index in [1.54, 1.807) is 10.9 Å². The molecule has 3 aromatic rings. The smallest absolute Gasteiger partial charge is 0.179 e. The maximum Gasteiger partial charge on any atom is 0.179 e. The van der Waals surface area contributed by atoms with E-state index in [1.807, 2.05) is 12.1 Å². The largest absolute Gasteiger partial charge is 0.472 e. The van der Waals surface area contributed by atoms with E-state index in [9.17, 15) is 4.79 Å². The van der Waals surface area contributed by atoms with Crippen molar-refractivity contribution < 1.29 is 9.21 Å². The van der Waals surface area contributed by atoms with Gasteiger partial charge in [-0.05, 0) is 62.3 Å². The number of furan rings is 1. The van der Waals surface area contributed by atoms with E-state index in [-0.39, 0.29) is 0 Å². The fourth-order valence-corrected chi connectivity index (χ4v) is 2.97. The van der Waals surface area contributed by atoms with Crippen LogP contribution in [0.1, 0.15) is 40.5 Å². The standard InChI is InChI=1S/C14H19N5.C5H4O2/c1-11-5-3-7-13(9-11)19-16-14(15-17-19)12-6-4-8-18(2)10-12;6-3-5-1-2-7-4-5/h3,5,7,9,12H,4,6,8,10H2,1-2H3;1-4H. The molecular weight excluding hydrogens is 330 g/mol. The highest BCUT2D eigenvalue weighted by atomic mass is 16.3. The van der Waals surface area contributed by atoms with Crippen molar-refractivity contribution in [2.45, 2.75) is 25.7 Å². The van der Waals surface area contributed by atoms with Gasteiger partial charge in [-0.2, -0.15) is 0 Å². The molecular formula is C19H23N5O2. The summed E-state index contributed by atoms with van der Waals surface area (Å²) < 4.78 is 4.57. The van der Waals surface area contributed by atoms with Gasteiger partial charge in [0, 0.05) is 12.5 Å². The Labute approximate surface area is 152 Å². The number of hydrogen-bond donors (Lipinski definition) is 0. The molecule has 0 spiro atoms. The lowest BCUT2D eigenvalue weighted by molar-refractivity contribution is 0.112. The second kappa shape index (κ2) is 8.53. The molecule has 0 saturated carbocycles. The predicted octanol–water partition coefficient (Wildman–Crippen LogP) is 2.87. The lowest BCUT2D eigenvalue weighted by Crippen LogP contribution is -2.31. The Morgan fingerprint density at radius 3 is 2.85 bits per heavy atom. The monoisotopic (exact) mass is 353 g/mol. The number of aryl methyl sites for hydroxylation is 1. The molecule has 3 heterocycles. The van der Waals surface area contributed by atoms with Crippen molar-refractivity contribution in [1.82, 2.24) is 25.1 Å². The molecule has 1 aliphatic heterocycles. The second-order valence-electron chi connectivity index (χ2n) is 6.55. The molecule has 4 rings (SSSR count). The van der Waals surface area contributed by atoms with Crippen LogP contribution in [0.25, 0.3) is 5.69 Å². The Hall–Kier alpha value is -2.80. The molecule has 136 valence electrons. The van der Waals surface area contributed by atoms with Crippen LogP contribution in [-0.4, -0.2) is 51.5 Å². The third kappa shape index (κ3) is 4.64. The van der Waals surface area contributed by atoms with Gasteiger partial charge in [-0.25, -0.2) is 0 Å². The first-order chi connectivity index (χ1) is 12.7. The number of aldehydes is 1. The molecule has 1 atom stereocenters. The number of benzene rings is 1. The molecule has 1 fully saturated rings. The van der Waals surface area contributed by atoms with Crippen molar-refractivity contribution in [2.75, 3.05) is 20.1 Å². The summed E-state index contributed by atoms with van der Waals surface area (Å²) in [6, 6.07) is 9.76. The van der Waals surface area contributed by atoms with Crippen molar-refractivity contribution in [3.8, 4) is 5.69 Å². The normalized spacial score (nSPS) is 17.4. The minimum absolute atomic E-state index is 0.414. The first-order valence-electron chi connectivity index (χ1n) is 8.68. The molecule has 7 heteroatoms. The minimum Gasteiger partial charge on any atom is -0.472 e. The van der Waals surface area contributed by atoms with E-state index in [1.165, 1.54) is 31.1 Å². The summed E-state index contributed by atoms with van der Waals surface area (Å²) in [5, 5.41) is 13.0. The van der Waals surface area contributed by atoms with Gasteiger partial charge in [0.05, 0.1) is 17.5 Å². The van der Waals surface area contributed by atoms with E-state index in [0.717, 1.165) is 30.8 Å². The van der Waals surface area contributed by atoms with Gasteiger partial charge in [-0.15, -0.1) is 15.0 Å². The van der Waals surface area contributed by atoms with Gasteiger partial charge in [0.1, 0.15) is 6.26 Å². The zero-order valence-electron chi connectivity index (χ0n) is 15.1. The molecule has 26 heavy (non-hydrogen) atoms. The molecule has 1 saturated heterocycles. The summed E-state index contributed by atoms with van der Waals surface area (Å²) in [7, 11) is 2.15. The van der Waals surface area contributed by atoms with Crippen LogP contribution < -0.4 is 0 Å². The van der Waals surface area contributed by atoms with E-state index >= 15 is 0 Å². The molecule has 0 amide bonds. The topological polar surface area (TPSA) is 77.1 Å². The number of carbonyl (C=O) groups is 1. The van der Waals surface area contributed by atoms with Crippen LogP contribution in [0.4, 0.5) is 0 Å². The number of likely N-dealkylation sites (N-methyl/N-ethyl adjacent to an activating group) is 1. The van der Waals surface area contributed by atoms with Crippen LogP contribution in [0, 0.1) is 6.92 Å². The van der Waals surface area contributed by atoms with E-state index in [0.29, 0.717) is 11.5 Å². The Balaban J connectivity index is 0.000000236. The first-order valence-corrected chi connectivity index (χ1v) is 8.68. The maximum atomic E-state index is 9.81. The number of tetrazole rings is 1. The number of aromatic nitrogens is 4. The number of hydrogen-bond acceptors (Lipinski definition) is 6. The van der Waals surface area contributed by atoms with Gasteiger partial charge < -0.3 is 9.32 Å². The lowest BCUT2D eigenvalue weighted by Gasteiger charge is -2.27. The van der Waals surface area contributed by atoms with Gasteiger partial charge in [0.25, 0.3) is 0 Å². The van der Waals surface area contributed by atoms with E-state index in [4.69, 9.17) is 0 Å². The third-order valence-corrected chi connectivity index (χ3v) is 4.33. The molecule has 7 nitrogen and oxygen atoms in total. The first kappa shape index (κ1) is 18.0. The SMILES string of the molecule is Cc1cccc(-n2nnc(C3CCCN(C)C3)n2)c1.O=Cc1ccoc1. The molecule has 0 N–H and O–H groups in total. The number of rotatable bonds is 3.